The molecule has 3 aromatic rings. The Morgan fingerprint density at radius 3 is 2.41 bits per heavy atom. The summed E-state index contributed by atoms with van der Waals surface area (Å²) in [6.45, 7) is 0. The topological polar surface area (TPSA) is 46.9 Å². The monoisotopic (exact) mass is 371 g/mol. The minimum absolute atomic E-state index is 0.0384. The van der Waals surface area contributed by atoms with E-state index in [4.69, 9.17) is 0 Å². The van der Waals surface area contributed by atoms with Crippen molar-refractivity contribution in [3.05, 3.63) is 71.2 Å². The van der Waals surface area contributed by atoms with Crippen LogP contribution in [0.5, 0.6) is 0 Å². The van der Waals surface area contributed by atoms with Gasteiger partial charge in [-0.15, -0.1) is 0 Å². The lowest BCUT2D eigenvalue weighted by Gasteiger charge is -2.09. The summed E-state index contributed by atoms with van der Waals surface area (Å²) in [5, 5.41) is 6.56. The molecule has 1 heterocycles. The molecule has 1 amide bonds. The average Bonchev–Trinajstić information content (AvgIpc) is 3.41. The Kier molecular flexibility index (Phi) is 4.22. The predicted octanol–water partition coefficient (Wildman–Crippen LogP) is 4.63. The van der Waals surface area contributed by atoms with Gasteiger partial charge in [-0.3, -0.25) is 9.48 Å². The van der Waals surface area contributed by atoms with E-state index < -0.39 is 29.0 Å². The van der Waals surface area contributed by atoms with Gasteiger partial charge in [0.25, 0.3) is 5.91 Å². The Morgan fingerprint density at radius 1 is 1.07 bits per heavy atom. The molecule has 1 aromatic heterocycles. The van der Waals surface area contributed by atoms with Crippen molar-refractivity contribution in [2.24, 2.45) is 7.05 Å². The van der Waals surface area contributed by atoms with Crippen molar-refractivity contribution < 1.29 is 18.0 Å². The molecule has 0 atom stereocenters. The van der Waals surface area contributed by atoms with Gasteiger partial charge in [-0.05, 0) is 49.2 Å². The Labute approximate surface area is 153 Å². The zero-order valence-corrected chi connectivity index (χ0v) is 14.5. The third-order valence-electron chi connectivity index (χ3n) is 4.60. The number of anilines is 1. The quantitative estimate of drug-likeness (QED) is 0.727. The molecule has 1 N–H and O–H groups in total. The van der Waals surface area contributed by atoms with Gasteiger partial charge in [-0.2, -0.15) is 5.10 Å². The molecule has 27 heavy (non-hydrogen) atoms. The van der Waals surface area contributed by atoms with Crippen LogP contribution < -0.4 is 5.32 Å². The largest absolute Gasteiger partial charge is 0.317 e. The molecule has 0 radical (unpaired) electrons. The highest BCUT2D eigenvalue weighted by atomic mass is 19.1. The van der Waals surface area contributed by atoms with Crippen LogP contribution in [0.1, 0.15) is 34.8 Å². The summed E-state index contributed by atoms with van der Waals surface area (Å²) < 4.78 is 43.6. The third-order valence-corrected chi connectivity index (χ3v) is 4.60. The second-order valence-electron chi connectivity index (χ2n) is 6.60. The van der Waals surface area contributed by atoms with Crippen LogP contribution in [0.25, 0.3) is 11.3 Å². The number of hydrogen-bond donors (Lipinski definition) is 1. The van der Waals surface area contributed by atoms with Crippen LogP contribution in [0.2, 0.25) is 0 Å². The van der Waals surface area contributed by atoms with E-state index in [1.54, 1.807) is 11.7 Å². The summed E-state index contributed by atoms with van der Waals surface area (Å²) in [7, 11) is 1.74. The number of carbonyl (C=O) groups is 1. The molecule has 7 heteroatoms. The van der Waals surface area contributed by atoms with Crippen LogP contribution >= 0.6 is 0 Å². The first kappa shape index (κ1) is 17.3. The third kappa shape index (κ3) is 3.32. The zero-order valence-electron chi connectivity index (χ0n) is 14.5. The minimum Gasteiger partial charge on any atom is -0.317 e. The summed E-state index contributed by atoms with van der Waals surface area (Å²) in [4.78, 5) is 12.3. The lowest BCUT2D eigenvalue weighted by molar-refractivity contribution is 0.102. The van der Waals surface area contributed by atoms with Gasteiger partial charge in [0.15, 0.2) is 0 Å². The van der Waals surface area contributed by atoms with Crippen LogP contribution in [-0.4, -0.2) is 15.7 Å². The molecule has 2 aromatic carbocycles. The molecule has 1 saturated carbocycles. The maximum atomic E-state index is 14.6. The molecule has 0 aliphatic heterocycles. The molecule has 1 fully saturated rings. The highest BCUT2D eigenvalue weighted by molar-refractivity contribution is 6.04. The van der Waals surface area contributed by atoms with E-state index in [0.29, 0.717) is 17.2 Å². The predicted molar refractivity (Wildman–Crippen MR) is 94.9 cm³/mol. The van der Waals surface area contributed by atoms with E-state index in [1.165, 1.54) is 18.2 Å². The van der Waals surface area contributed by atoms with Crippen molar-refractivity contribution in [3.8, 4) is 11.3 Å². The molecule has 1 aliphatic rings. The van der Waals surface area contributed by atoms with Crippen molar-refractivity contribution >= 4 is 11.6 Å². The van der Waals surface area contributed by atoms with E-state index in [-0.39, 0.29) is 5.56 Å². The van der Waals surface area contributed by atoms with Gasteiger partial charge in [-0.1, -0.05) is 6.07 Å². The summed E-state index contributed by atoms with van der Waals surface area (Å²) >= 11 is 0. The number of aryl methyl sites for hydroxylation is 1. The lowest BCUT2D eigenvalue weighted by atomic mass is 10.1. The molecule has 0 saturated heterocycles. The summed E-state index contributed by atoms with van der Waals surface area (Å²) in [6, 6.07) is 9.03. The molecular weight excluding hydrogens is 355 g/mol. The van der Waals surface area contributed by atoms with Gasteiger partial charge in [0.2, 0.25) is 0 Å². The SMILES string of the molecule is Cn1nc(C2CC2)cc1-c1ccc(C(=O)Nc2c(F)cccc2F)cc1F. The summed E-state index contributed by atoms with van der Waals surface area (Å²) in [5.41, 5.74) is 1.26. The van der Waals surface area contributed by atoms with Crippen molar-refractivity contribution in [1.82, 2.24) is 9.78 Å². The summed E-state index contributed by atoms with van der Waals surface area (Å²) in [5.74, 6) is -2.77. The maximum Gasteiger partial charge on any atom is 0.255 e. The normalized spacial score (nSPS) is 13.6. The molecule has 0 spiro atoms. The van der Waals surface area contributed by atoms with Crippen LogP contribution in [0.4, 0.5) is 18.9 Å². The fourth-order valence-electron chi connectivity index (χ4n) is 2.99. The molecule has 138 valence electrons. The highest BCUT2D eigenvalue weighted by Crippen LogP contribution is 2.40. The number of amides is 1. The number of hydrogen-bond acceptors (Lipinski definition) is 2. The first-order valence-electron chi connectivity index (χ1n) is 8.53. The number of nitrogens with one attached hydrogen (secondary N) is 1. The second kappa shape index (κ2) is 6.57. The van der Waals surface area contributed by atoms with Crippen molar-refractivity contribution in [3.63, 3.8) is 0 Å². The van der Waals surface area contributed by atoms with Crippen LogP contribution in [0, 0.1) is 17.5 Å². The highest BCUT2D eigenvalue weighted by Gasteiger charge is 2.27. The van der Waals surface area contributed by atoms with Gasteiger partial charge in [0.05, 0.1) is 11.4 Å². The Balaban J connectivity index is 1.61. The average molecular weight is 371 g/mol. The van der Waals surface area contributed by atoms with Crippen LogP contribution in [0.15, 0.2) is 42.5 Å². The van der Waals surface area contributed by atoms with E-state index in [0.717, 1.165) is 36.7 Å². The first-order valence-corrected chi connectivity index (χ1v) is 8.53. The lowest BCUT2D eigenvalue weighted by Crippen LogP contribution is -2.14. The molecule has 1 aliphatic carbocycles. The number of nitrogens with zero attached hydrogens (tertiary/aromatic N) is 2. The Morgan fingerprint density at radius 2 is 1.78 bits per heavy atom. The number of rotatable bonds is 4. The van der Waals surface area contributed by atoms with E-state index in [1.807, 2.05) is 6.07 Å². The molecule has 4 rings (SSSR count). The van der Waals surface area contributed by atoms with E-state index >= 15 is 0 Å². The van der Waals surface area contributed by atoms with Gasteiger partial charge in [0.1, 0.15) is 23.1 Å². The molecule has 0 unspecified atom stereocenters. The van der Waals surface area contributed by atoms with Gasteiger partial charge in [-0.25, -0.2) is 13.2 Å². The Hall–Kier alpha value is -3.09. The minimum atomic E-state index is -0.900. The second-order valence-corrected chi connectivity index (χ2v) is 6.60. The number of para-hydroxylation sites is 1. The zero-order chi connectivity index (χ0) is 19.1. The van der Waals surface area contributed by atoms with E-state index in [9.17, 15) is 18.0 Å². The Bertz CT molecular complexity index is 1020. The maximum absolute atomic E-state index is 14.6. The standard InChI is InChI=1S/C20H16F3N3O/c1-26-18(10-17(25-26)11-5-6-11)13-8-7-12(9-16(13)23)20(27)24-19-14(21)3-2-4-15(19)22/h2-4,7-11H,5-6H2,1H3,(H,24,27). The molecule has 0 bridgehead atoms. The molecular formula is C20H16F3N3O. The first-order chi connectivity index (χ1) is 12.9. The number of carbonyl (C=O) groups excluding carboxylic acids is 1. The van der Waals surface area contributed by atoms with Crippen molar-refractivity contribution in [1.29, 1.82) is 0 Å². The number of aromatic nitrogens is 2. The van der Waals surface area contributed by atoms with Crippen molar-refractivity contribution in [2.75, 3.05) is 5.32 Å². The van der Waals surface area contributed by atoms with Gasteiger partial charge in [0, 0.05) is 24.1 Å². The van der Waals surface area contributed by atoms with Crippen LogP contribution in [0.3, 0.4) is 0 Å². The fourth-order valence-corrected chi connectivity index (χ4v) is 2.99. The summed E-state index contributed by atoms with van der Waals surface area (Å²) in [6.07, 6.45) is 2.18. The van der Waals surface area contributed by atoms with Gasteiger partial charge >= 0.3 is 0 Å². The van der Waals surface area contributed by atoms with Gasteiger partial charge < -0.3 is 5.32 Å². The fraction of sp³-hybridized carbons (Fsp3) is 0.200. The molecule has 4 nitrogen and oxygen atoms in total. The number of halogens is 3. The van der Waals surface area contributed by atoms with Crippen LogP contribution in [-0.2, 0) is 7.05 Å². The van der Waals surface area contributed by atoms with E-state index in [2.05, 4.69) is 10.4 Å². The van der Waals surface area contributed by atoms with Crippen molar-refractivity contribution in [2.45, 2.75) is 18.8 Å². The number of benzene rings is 2. The smallest absolute Gasteiger partial charge is 0.255 e.